The molecule has 6 heteroatoms. The molecule has 0 radical (unpaired) electrons. The number of hydrogen-bond donors (Lipinski definition) is 2. The summed E-state index contributed by atoms with van der Waals surface area (Å²) >= 11 is 5.99. The second-order valence-electron chi connectivity index (χ2n) is 7.32. The molecule has 1 atom stereocenters. The minimum absolute atomic E-state index is 0.156. The number of ether oxygens (including phenoxy) is 1. The first-order valence-corrected chi connectivity index (χ1v) is 10.6. The molecular weight excluding hydrogens is 388 g/mol. The molecule has 2 aromatic rings. The van der Waals surface area contributed by atoms with Crippen molar-refractivity contribution in [3.05, 3.63) is 59.1 Å². The number of benzene rings is 2. The molecular formula is C23H27ClN2O3. The number of nitrogens with one attached hydrogen (secondary N) is 2. The van der Waals surface area contributed by atoms with Crippen LogP contribution in [0.2, 0.25) is 5.02 Å². The monoisotopic (exact) mass is 414 g/mol. The molecule has 1 saturated carbocycles. The number of anilines is 1. The summed E-state index contributed by atoms with van der Waals surface area (Å²) < 4.78 is 5.80. The maximum Gasteiger partial charge on any atom is 0.265 e. The molecule has 0 heterocycles. The van der Waals surface area contributed by atoms with Gasteiger partial charge in [0.2, 0.25) is 0 Å². The van der Waals surface area contributed by atoms with E-state index in [0.29, 0.717) is 28.4 Å². The van der Waals surface area contributed by atoms with E-state index in [1.165, 1.54) is 6.42 Å². The maximum atomic E-state index is 12.8. The molecule has 0 saturated heterocycles. The van der Waals surface area contributed by atoms with E-state index >= 15 is 0 Å². The number of halogens is 1. The van der Waals surface area contributed by atoms with E-state index in [9.17, 15) is 9.59 Å². The van der Waals surface area contributed by atoms with Crippen molar-refractivity contribution < 1.29 is 14.3 Å². The summed E-state index contributed by atoms with van der Waals surface area (Å²) in [4.78, 5) is 25.6. The standard InChI is InChI=1S/C23H27ClN2O3/c1-2-21(29-18-12-8-9-16(24)15-18)23(28)26-20-14-7-6-13-19(20)22(27)25-17-10-4-3-5-11-17/h6-9,12-15,17,21H,2-5,10-11H2,1H3,(H,25,27)(H,26,28)/t21-/m1/s1. The lowest BCUT2D eigenvalue weighted by Gasteiger charge is -2.23. The number of amides is 2. The Balaban J connectivity index is 1.68. The number of carbonyl (C=O) groups excluding carboxylic acids is 2. The Morgan fingerprint density at radius 3 is 2.59 bits per heavy atom. The van der Waals surface area contributed by atoms with Gasteiger partial charge in [-0.25, -0.2) is 0 Å². The third kappa shape index (κ3) is 5.97. The van der Waals surface area contributed by atoms with E-state index in [0.717, 1.165) is 25.7 Å². The number of rotatable bonds is 7. The first-order valence-electron chi connectivity index (χ1n) is 10.2. The first kappa shape index (κ1) is 21.2. The molecule has 1 fully saturated rings. The second kappa shape index (κ2) is 10.3. The lowest BCUT2D eigenvalue weighted by molar-refractivity contribution is -0.122. The van der Waals surface area contributed by atoms with Gasteiger partial charge in [-0.1, -0.05) is 56.0 Å². The van der Waals surface area contributed by atoms with E-state index in [-0.39, 0.29) is 17.9 Å². The fourth-order valence-corrected chi connectivity index (χ4v) is 3.72. The van der Waals surface area contributed by atoms with Crippen LogP contribution < -0.4 is 15.4 Å². The summed E-state index contributed by atoms with van der Waals surface area (Å²) in [6.07, 6.45) is 5.31. The van der Waals surface area contributed by atoms with Gasteiger partial charge >= 0.3 is 0 Å². The fourth-order valence-electron chi connectivity index (χ4n) is 3.54. The number of para-hydroxylation sites is 1. The third-order valence-corrected chi connectivity index (χ3v) is 5.34. The molecule has 5 nitrogen and oxygen atoms in total. The van der Waals surface area contributed by atoms with Gasteiger partial charge in [0.25, 0.3) is 11.8 Å². The molecule has 3 rings (SSSR count). The number of carbonyl (C=O) groups is 2. The van der Waals surface area contributed by atoms with Crippen LogP contribution in [0.15, 0.2) is 48.5 Å². The highest BCUT2D eigenvalue weighted by atomic mass is 35.5. The Labute approximate surface area is 176 Å². The van der Waals surface area contributed by atoms with E-state index in [1.54, 1.807) is 48.5 Å². The zero-order valence-corrected chi connectivity index (χ0v) is 17.4. The molecule has 0 bridgehead atoms. The molecule has 1 aliphatic rings. The molecule has 2 aromatic carbocycles. The van der Waals surface area contributed by atoms with Crippen molar-refractivity contribution in [1.82, 2.24) is 5.32 Å². The highest BCUT2D eigenvalue weighted by Gasteiger charge is 2.22. The van der Waals surface area contributed by atoms with Crippen molar-refractivity contribution in [2.24, 2.45) is 0 Å². The molecule has 154 valence electrons. The summed E-state index contributed by atoms with van der Waals surface area (Å²) in [6.45, 7) is 1.87. The average molecular weight is 415 g/mol. The first-order chi connectivity index (χ1) is 14.1. The Morgan fingerprint density at radius 1 is 1.10 bits per heavy atom. The molecule has 29 heavy (non-hydrogen) atoms. The van der Waals surface area contributed by atoms with E-state index < -0.39 is 6.10 Å². The Bertz CT molecular complexity index is 850. The predicted molar refractivity (Wildman–Crippen MR) is 116 cm³/mol. The van der Waals surface area contributed by atoms with E-state index in [1.807, 2.05) is 6.92 Å². The fraction of sp³-hybridized carbons (Fsp3) is 0.391. The van der Waals surface area contributed by atoms with Crippen LogP contribution in [0, 0.1) is 0 Å². The van der Waals surface area contributed by atoms with Gasteiger partial charge in [0.1, 0.15) is 5.75 Å². The molecule has 0 unspecified atom stereocenters. The highest BCUT2D eigenvalue weighted by molar-refractivity contribution is 6.30. The summed E-state index contributed by atoms with van der Waals surface area (Å²) in [5.41, 5.74) is 0.947. The van der Waals surface area contributed by atoms with Crippen molar-refractivity contribution in [2.75, 3.05) is 5.32 Å². The molecule has 0 spiro atoms. The van der Waals surface area contributed by atoms with Crippen LogP contribution in [0.25, 0.3) is 0 Å². The van der Waals surface area contributed by atoms with Gasteiger partial charge in [0.05, 0.1) is 11.3 Å². The van der Waals surface area contributed by atoms with Crippen LogP contribution in [-0.2, 0) is 4.79 Å². The van der Waals surface area contributed by atoms with Crippen LogP contribution in [0.4, 0.5) is 5.69 Å². The zero-order chi connectivity index (χ0) is 20.6. The van der Waals surface area contributed by atoms with Crippen molar-refractivity contribution in [3.63, 3.8) is 0 Å². The summed E-state index contributed by atoms with van der Waals surface area (Å²) in [7, 11) is 0. The van der Waals surface area contributed by atoms with Crippen LogP contribution in [0.5, 0.6) is 5.75 Å². The molecule has 1 aliphatic carbocycles. The van der Waals surface area contributed by atoms with Crippen LogP contribution in [0.1, 0.15) is 55.8 Å². The smallest absolute Gasteiger partial charge is 0.265 e. The van der Waals surface area contributed by atoms with Crippen LogP contribution in [-0.4, -0.2) is 24.0 Å². The van der Waals surface area contributed by atoms with Gasteiger partial charge in [0.15, 0.2) is 6.10 Å². The summed E-state index contributed by atoms with van der Waals surface area (Å²) in [5.74, 6) is 0.0739. The van der Waals surface area contributed by atoms with Crippen molar-refractivity contribution in [1.29, 1.82) is 0 Å². The third-order valence-electron chi connectivity index (χ3n) is 5.11. The minimum Gasteiger partial charge on any atom is -0.481 e. The molecule has 0 aliphatic heterocycles. The van der Waals surface area contributed by atoms with Crippen LogP contribution >= 0.6 is 11.6 Å². The van der Waals surface area contributed by atoms with Gasteiger partial charge in [-0.3, -0.25) is 9.59 Å². The van der Waals surface area contributed by atoms with Crippen molar-refractivity contribution >= 4 is 29.1 Å². The van der Waals surface area contributed by atoms with Gasteiger partial charge < -0.3 is 15.4 Å². The quantitative estimate of drug-likeness (QED) is 0.654. The van der Waals surface area contributed by atoms with Gasteiger partial charge in [-0.05, 0) is 49.6 Å². The SMILES string of the molecule is CC[C@@H](Oc1cccc(Cl)c1)C(=O)Nc1ccccc1C(=O)NC1CCCCC1. The van der Waals surface area contributed by atoms with Gasteiger partial charge in [-0.2, -0.15) is 0 Å². The number of hydrogen-bond acceptors (Lipinski definition) is 3. The summed E-state index contributed by atoms with van der Waals surface area (Å²) in [5, 5.41) is 6.50. The molecule has 2 amide bonds. The minimum atomic E-state index is -0.692. The maximum absolute atomic E-state index is 12.8. The molecule has 0 aromatic heterocycles. The van der Waals surface area contributed by atoms with Crippen molar-refractivity contribution in [2.45, 2.75) is 57.6 Å². The zero-order valence-electron chi connectivity index (χ0n) is 16.6. The Kier molecular flexibility index (Phi) is 7.53. The van der Waals surface area contributed by atoms with Gasteiger partial charge in [-0.15, -0.1) is 0 Å². The highest BCUT2D eigenvalue weighted by Crippen LogP contribution is 2.22. The largest absolute Gasteiger partial charge is 0.481 e. The summed E-state index contributed by atoms with van der Waals surface area (Å²) in [6, 6.07) is 14.2. The van der Waals surface area contributed by atoms with Gasteiger partial charge in [0, 0.05) is 11.1 Å². The van der Waals surface area contributed by atoms with Crippen molar-refractivity contribution in [3.8, 4) is 5.75 Å². The normalized spacial score (nSPS) is 15.4. The van der Waals surface area contributed by atoms with E-state index in [2.05, 4.69) is 10.6 Å². The average Bonchev–Trinajstić information content (AvgIpc) is 2.73. The van der Waals surface area contributed by atoms with E-state index in [4.69, 9.17) is 16.3 Å². The Hall–Kier alpha value is -2.53. The molecule has 2 N–H and O–H groups in total. The Morgan fingerprint density at radius 2 is 1.86 bits per heavy atom. The topological polar surface area (TPSA) is 67.4 Å². The lowest BCUT2D eigenvalue weighted by Crippen LogP contribution is -2.37. The lowest BCUT2D eigenvalue weighted by atomic mass is 9.95. The second-order valence-corrected chi connectivity index (χ2v) is 7.75. The predicted octanol–water partition coefficient (Wildman–Crippen LogP) is 5.20. The van der Waals surface area contributed by atoms with Crippen LogP contribution in [0.3, 0.4) is 0 Å².